The van der Waals surface area contributed by atoms with Gasteiger partial charge in [-0.1, -0.05) is 0 Å². The van der Waals surface area contributed by atoms with Gasteiger partial charge >= 0.3 is 0 Å². The van der Waals surface area contributed by atoms with Crippen LogP contribution in [0.2, 0.25) is 0 Å². The van der Waals surface area contributed by atoms with E-state index in [2.05, 4.69) is 4.98 Å². The molecule has 1 aromatic carbocycles. The highest BCUT2D eigenvalue weighted by atomic mass is 16.7. The normalized spacial score (nSPS) is 14.3. The Hall–Kier alpha value is -3.34. The van der Waals surface area contributed by atoms with Crippen LogP contribution in [0.1, 0.15) is 23.2 Å². The fourth-order valence-electron chi connectivity index (χ4n) is 3.29. The second-order valence-electron chi connectivity index (χ2n) is 5.62. The molecule has 2 aliphatic rings. The molecule has 0 radical (unpaired) electrons. The number of rotatable bonds is 2. The third-order valence-corrected chi connectivity index (χ3v) is 4.32. The Morgan fingerprint density at radius 2 is 2.04 bits per heavy atom. The minimum Gasteiger partial charge on any atom is -0.454 e. The van der Waals surface area contributed by atoms with Crippen LogP contribution in [0.15, 0.2) is 12.1 Å². The van der Waals surface area contributed by atoms with Gasteiger partial charge in [0.25, 0.3) is 5.69 Å². The summed E-state index contributed by atoms with van der Waals surface area (Å²) < 4.78 is 10.6. The molecule has 0 amide bonds. The van der Waals surface area contributed by atoms with Crippen molar-refractivity contribution in [3.8, 4) is 28.7 Å². The van der Waals surface area contributed by atoms with Gasteiger partial charge in [-0.3, -0.25) is 10.1 Å². The van der Waals surface area contributed by atoms with Crippen LogP contribution in [-0.2, 0) is 12.8 Å². The fraction of sp³-hybridized carbons (Fsp3) is 0.250. The highest BCUT2D eigenvalue weighted by molar-refractivity contribution is 5.86. The molecule has 8 nitrogen and oxygen atoms in total. The summed E-state index contributed by atoms with van der Waals surface area (Å²) in [5.41, 5.74) is 8.39. The SMILES string of the molecule is N#Cc1c(N)nc2c(c1-c1cc3c(cc1[N+](=O)[O-])OCO3)CCC2. The summed E-state index contributed by atoms with van der Waals surface area (Å²) in [6.45, 7) is 0.0115. The van der Waals surface area contributed by atoms with E-state index in [1.165, 1.54) is 6.07 Å². The standard InChI is InChI=1S/C16H12N4O4/c17-6-10-15(8-2-1-3-11(8)19-16(10)18)9-4-13-14(24-7-23-13)5-12(9)20(21)22/h4-5H,1-3,7H2,(H2,18,19). The summed E-state index contributed by atoms with van der Waals surface area (Å²) in [4.78, 5) is 15.4. The lowest BCUT2D eigenvalue weighted by atomic mass is 9.93. The molecule has 0 saturated carbocycles. The molecule has 0 fully saturated rings. The molecular weight excluding hydrogens is 312 g/mol. The van der Waals surface area contributed by atoms with Gasteiger partial charge in [-0.05, 0) is 30.9 Å². The smallest absolute Gasteiger partial charge is 0.281 e. The number of anilines is 1. The van der Waals surface area contributed by atoms with Crippen LogP contribution < -0.4 is 15.2 Å². The van der Waals surface area contributed by atoms with E-state index < -0.39 is 4.92 Å². The lowest BCUT2D eigenvalue weighted by Crippen LogP contribution is -2.05. The molecule has 4 rings (SSSR count). The van der Waals surface area contributed by atoms with Crippen LogP contribution in [0.3, 0.4) is 0 Å². The van der Waals surface area contributed by atoms with Gasteiger partial charge in [0.05, 0.1) is 16.6 Å². The van der Waals surface area contributed by atoms with Crippen LogP contribution in [0.5, 0.6) is 11.5 Å². The Labute approximate surface area is 136 Å². The van der Waals surface area contributed by atoms with Crippen LogP contribution >= 0.6 is 0 Å². The number of aryl methyl sites for hydroxylation is 1. The highest BCUT2D eigenvalue weighted by Crippen LogP contribution is 2.46. The maximum atomic E-state index is 11.6. The minimum absolute atomic E-state index is 0.0115. The summed E-state index contributed by atoms with van der Waals surface area (Å²) in [5, 5.41) is 21.1. The number of nitro benzene ring substituents is 1. The van der Waals surface area contributed by atoms with Crippen molar-refractivity contribution in [1.29, 1.82) is 5.26 Å². The van der Waals surface area contributed by atoms with E-state index in [0.29, 0.717) is 29.0 Å². The summed E-state index contributed by atoms with van der Waals surface area (Å²) in [5.74, 6) is 0.837. The molecule has 0 atom stereocenters. The first-order valence-corrected chi connectivity index (χ1v) is 7.40. The van der Waals surface area contributed by atoms with Gasteiger partial charge in [-0.25, -0.2) is 4.98 Å². The van der Waals surface area contributed by atoms with E-state index in [4.69, 9.17) is 15.2 Å². The first-order valence-electron chi connectivity index (χ1n) is 7.40. The van der Waals surface area contributed by atoms with Crippen molar-refractivity contribution in [2.45, 2.75) is 19.3 Å². The highest BCUT2D eigenvalue weighted by Gasteiger charge is 2.30. The molecule has 2 heterocycles. The van der Waals surface area contributed by atoms with Crippen molar-refractivity contribution in [3.05, 3.63) is 39.1 Å². The van der Waals surface area contributed by atoms with Crippen molar-refractivity contribution < 1.29 is 14.4 Å². The summed E-state index contributed by atoms with van der Waals surface area (Å²) in [7, 11) is 0. The molecule has 8 heteroatoms. The van der Waals surface area contributed by atoms with Crippen LogP contribution in [0.4, 0.5) is 11.5 Å². The molecule has 1 aromatic heterocycles. The predicted octanol–water partition coefficient (Wildman–Crippen LogP) is 2.33. The molecule has 1 aliphatic carbocycles. The Morgan fingerprint density at radius 3 is 2.75 bits per heavy atom. The molecular formula is C16H12N4O4. The third-order valence-electron chi connectivity index (χ3n) is 4.32. The number of hydrogen-bond acceptors (Lipinski definition) is 7. The predicted molar refractivity (Wildman–Crippen MR) is 83.6 cm³/mol. The van der Waals surface area contributed by atoms with E-state index in [9.17, 15) is 15.4 Å². The third kappa shape index (κ3) is 1.95. The van der Waals surface area contributed by atoms with Gasteiger partial charge in [0.15, 0.2) is 11.5 Å². The molecule has 1 aliphatic heterocycles. The molecule has 0 saturated heterocycles. The number of nitriles is 1. The van der Waals surface area contributed by atoms with Gasteiger partial charge in [0.2, 0.25) is 6.79 Å². The van der Waals surface area contributed by atoms with E-state index in [0.717, 1.165) is 24.1 Å². The second kappa shape index (κ2) is 5.09. The van der Waals surface area contributed by atoms with Gasteiger partial charge in [0.1, 0.15) is 17.5 Å². The topological polar surface area (TPSA) is 124 Å². The largest absolute Gasteiger partial charge is 0.454 e. The number of aromatic nitrogens is 1. The Kier molecular flexibility index (Phi) is 3.03. The maximum absolute atomic E-state index is 11.6. The summed E-state index contributed by atoms with van der Waals surface area (Å²) in [6, 6.07) is 4.92. The molecule has 24 heavy (non-hydrogen) atoms. The van der Waals surface area contributed by atoms with Crippen LogP contribution in [0, 0.1) is 21.4 Å². The average molecular weight is 324 g/mol. The fourth-order valence-corrected chi connectivity index (χ4v) is 3.29. The monoisotopic (exact) mass is 324 g/mol. The molecule has 2 aromatic rings. The number of nitrogens with zero attached hydrogens (tertiary/aromatic N) is 3. The van der Waals surface area contributed by atoms with Crippen LogP contribution in [-0.4, -0.2) is 16.7 Å². The number of fused-ring (bicyclic) bond motifs is 2. The van der Waals surface area contributed by atoms with E-state index in [1.807, 2.05) is 6.07 Å². The van der Waals surface area contributed by atoms with Crippen LogP contribution in [0.25, 0.3) is 11.1 Å². The zero-order valence-corrected chi connectivity index (χ0v) is 12.5. The first-order chi connectivity index (χ1) is 11.6. The second-order valence-corrected chi connectivity index (χ2v) is 5.62. The molecule has 120 valence electrons. The number of hydrogen-bond donors (Lipinski definition) is 1. The van der Waals surface area contributed by atoms with Crippen molar-refractivity contribution in [3.63, 3.8) is 0 Å². The van der Waals surface area contributed by atoms with Gasteiger partial charge in [-0.15, -0.1) is 0 Å². The van der Waals surface area contributed by atoms with Crippen molar-refractivity contribution in [1.82, 2.24) is 4.98 Å². The first kappa shape index (κ1) is 14.3. The van der Waals surface area contributed by atoms with Crippen molar-refractivity contribution >= 4 is 11.5 Å². The van der Waals surface area contributed by atoms with Crippen molar-refractivity contribution in [2.24, 2.45) is 0 Å². The van der Waals surface area contributed by atoms with E-state index in [1.54, 1.807) is 6.07 Å². The van der Waals surface area contributed by atoms with E-state index >= 15 is 0 Å². The Balaban J connectivity index is 2.08. The number of ether oxygens (including phenoxy) is 2. The quantitative estimate of drug-likeness (QED) is 0.664. The Morgan fingerprint density at radius 1 is 1.29 bits per heavy atom. The lowest BCUT2D eigenvalue weighted by Gasteiger charge is -2.13. The summed E-state index contributed by atoms with van der Waals surface area (Å²) in [6.07, 6.45) is 2.33. The number of nitro groups is 1. The van der Waals surface area contributed by atoms with Crippen molar-refractivity contribution in [2.75, 3.05) is 12.5 Å². The lowest BCUT2D eigenvalue weighted by molar-refractivity contribution is -0.384. The zero-order valence-electron chi connectivity index (χ0n) is 12.5. The molecule has 2 N–H and O–H groups in total. The number of nitrogen functional groups attached to an aromatic ring is 1. The van der Waals surface area contributed by atoms with Gasteiger partial charge < -0.3 is 15.2 Å². The van der Waals surface area contributed by atoms with Gasteiger partial charge in [-0.2, -0.15) is 5.26 Å². The van der Waals surface area contributed by atoms with Gasteiger partial charge in [0, 0.05) is 11.3 Å². The van der Waals surface area contributed by atoms with E-state index in [-0.39, 0.29) is 23.9 Å². The molecule has 0 unspecified atom stereocenters. The summed E-state index contributed by atoms with van der Waals surface area (Å²) >= 11 is 0. The average Bonchev–Trinajstić information content (AvgIpc) is 3.20. The molecule has 0 bridgehead atoms. The molecule has 0 spiro atoms. The maximum Gasteiger partial charge on any atom is 0.281 e. The minimum atomic E-state index is -0.490. The zero-order chi connectivity index (χ0) is 16.8. The Bertz CT molecular complexity index is 932. The number of pyridine rings is 1. The number of nitrogens with two attached hydrogens (primary N) is 1. The number of benzene rings is 1.